The van der Waals surface area contributed by atoms with Crippen LogP contribution in [-0.4, -0.2) is 40.1 Å². The molecular formula is C40H50N2O4P+. The van der Waals surface area contributed by atoms with E-state index < -0.39 is 24.3 Å². The summed E-state index contributed by atoms with van der Waals surface area (Å²) in [6.45, 7) is 1.80. The molecule has 0 fully saturated rings. The number of aliphatic hydroxyl groups excluding tert-OH is 1. The van der Waals surface area contributed by atoms with E-state index in [1.54, 1.807) is 31.0 Å². The molecule has 1 N–H and O–H groups in total. The molecule has 0 spiro atoms. The van der Waals surface area contributed by atoms with E-state index in [1.165, 1.54) is 72.7 Å². The Morgan fingerprint density at radius 1 is 0.681 bits per heavy atom. The van der Waals surface area contributed by atoms with Gasteiger partial charge in [-0.1, -0.05) is 93.1 Å². The Morgan fingerprint density at radius 3 is 1.51 bits per heavy atom. The summed E-state index contributed by atoms with van der Waals surface area (Å²) in [5, 5.41) is 26.0. The number of benzene rings is 4. The second kappa shape index (κ2) is 18.5. The van der Waals surface area contributed by atoms with E-state index in [9.17, 15) is 20.0 Å². The Bertz CT molecular complexity index is 1400. The molecule has 0 aliphatic heterocycles. The number of rotatable bonds is 19. The van der Waals surface area contributed by atoms with Gasteiger partial charge in [-0.2, -0.15) is 0 Å². The number of nitrogens with zero attached hydrogens (tertiary/aromatic N) is 2. The number of carbonyl (C=O) groups excluding carboxylic acids is 1. The lowest BCUT2D eigenvalue weighted by Gasteiger charge is -2.29. The molecule has 0 unspecified atom stereocenters. The van der Waals surface area contributed by atoms with Gasteiger partial charge in [0.05, 0.1) is 23.2 Å². The number of hydrogen-bond donors (Lipinski definition) is 1. The highest BCUT2D eigenvalue weighted by molar-refractivity contribution is 7.95. The Morgan fingerprint density at radius 2 is 1.09 bits per heavy atom. The van der Waals surface area contributed by atoms with Crippen molar-refractivity contribution in [3.63, 3.8) is 0 Å². The SMILES string of the molecule is C[C@H]([C@H](O)c1ccc([N+](=O)[O-])cc1)N(C)C(=O)CCCCCCCCCCC[P+](c1ccccc1)(c1ccccc1)c1ccccc1. The monoisotopic (exact) mass is 653 g/mol. The van der Waals surface area contributed by atoms with Gasteiger partial charge < -0.3 is 10.0 Å². The zero-order chi connectivity index (χ0) is 33.5. The van der Waals surface area contributed by atoms with Crippen LogP contribution in [0.5, 0.6) is 0 Å². The van der Waals surface area contributed by atoms with Gasteiger partial charge in [-0.3, -0.25) is 14.9 Å². The molecule has 0 aromatic heterocycles. The fourth-order valence-corrected chi connectivity index (χ4v) is 10.8. The van der Waals surface area contributed by atoms with Crippen molar-refractivity contribution in [1.82, 2.24) is 4.90 Å². The molecule has 2 atom stereocenters. The molecule has 0 saturated heterocycles. The largest absolute Gasteiger partial charge is 0.386 e. The molecule has 4 aromatic carbocycles. The first-order chi connectivity index (χ1) is 22.8. The quantitative estimate of drug-likeness (QED) is 0.0477. The van der Waals surface area contributed by atoms with E-state index in [1.807, 2.05) is 0 Å². The molecule has 6 nitrogen and oxygen atoms in total. The lowest BCUT2D eigenvalue weighted by Crippen LogP contribution is -2.38. The Hall–Kier alpha value is -3.86. The van der Waals surface area contributed by atoms with Crippen LogP contribution in [-0.2, 0) is 4.79 Å². The summed E-state index contributed by atoms with van der Waals surface area (Å²) >= 11 is 0. The van der Waals surface area contributed by atoms with Gasteiger partial charge in [0.15, 0.2) is 0 Å². The highest BCUT2D eigenvalue weighted by Gasteiger charge is 2.44. The molecule has 0 saturated carbocycles. The summed E-state index contributed by atoms with van der Waals surface area (Å²) in [7, 11) is -0.0273. The highest BCUT2D eigenvalue weighted by atomic mass is 31.2. The maximum atomic E-state index is 12.8. The van der Waals surface area contributed by atoms with Crippen LogP contribution in [0.4, 0.5) is 5.69 Å². The van der Waals surface area contributed by atoms with E-state index >= 15 is 0 Å². The number of unbranched alkanes of at least 4 members (excludes halogenated alkanes) is 8. The third-order valence-corrected chi connectivity index (χ3v) is 13.9. The number of hydrogen-bond acceptors (Lipinski definition) is 4. The Balaban J connectivity index is 1.16. The van der Waals surface area contributed by atoms with Gasteiger partial charge in [0.2, 0.25) is 5.91 Å². The van der Waals surface area contributed by atoms with E-state index in [4.69, 9.17) is 0 Å². The maximum Gasteiger partial charge on any atom is 0.269 e. The molecular weight excluding hydrogens is 603 g/mol. The number of nitro benzene ring substituents is 1. The molecule has 0 heterocycles. The van der Waals surface area contributed by atoms with Crippen LogP contribution in [0.15, 0.2) is 115 Å². The van der Waals surface area contributed by atoms with Gasteiger partial charge in [-0.25, -0.2) is 0 Å². The van der Waals surface area contributed by atoms with Crippen LogP contribution in [0.1, 0.15) is 82.8 Å². The van der Waals surface area contributed by atoms with Gasteiger partial charge in [0.1, 0.15) is 23.2 Å². The first-order valence-electron chi connectivity index (χ1n) is 17.1. The minimum atomic E-state index is -1.74. The average molecular weight is 654 g/mol. The number of carbonyl (C=O) groups is 1. The molecule has 4 aromatic rings. The standard InChI is InChI=1S/C40H50N2O4P/c1-33(40(44)34-28-30-35(31-29-34)42(45)46)41(2)39(43)27-19-8-6-4-3-5-7-9-20-32-47(36-21-13-10-14-22-36,37-23-15-11-16-24-37)38-25-17-12-18-26-38/h10-18,21-26,28-31,33,40,44H,3-9,19-20,27,32H2,1-2H3/q+1/t33-,40+/m1/s1. The fourth-order valence-electron chi connectivity index (χ4n) is 6.43. The van der Waals surface area contributed by atoms with Gasteiger partial charge in [0, 0.05) is 25.6 Å². The number of aliphatic hydroxyl groups is 1. The lowest BCUT2D eigenvalue weighted by molar-refractivity contribution is -0.384. The zero-order valence-electron chi connectivity index (χ0n) is 27.9. The Kier molecular flexibility index (Phi) is 14.1. The topological polar surface area (TPSA) is 83.7 Å². The van der Waals surface area contributed by atoms with E-state index in [2.05, 4.69) is 91.0 Å². The Labute approximate surface area is 281 Å². The van der Waals surface area contributed by atoms with Crippen LogP contribution in [0.25, 0.3) is 0 Å². The van der Waals surface area contributed by atoms with Gasteiger partial charge in [0.25, 0.3) is 5.69 Å². The van der Waals surface area contributed by atoms with Crippen LogP contribution in [0, 0.1) is 10.1 Å². The number of amides is 1. The van der Waals surface area contributed by atoms with Gasteiger partial charge >= 0.3 is 0 Å². The number of likely N-dealkylation sites (N-methyl/N-ethyl adjacent to an activating group) is 1. The first kappa shape index (κ1) is 36.0. The molecule has 0 aliphatic rings. The molecule has 4 rings (SSSR count). The molecule has 0 radical (unpaired) electrons. The molecule has 0 bridgehead atoms. The summed E-state index contributed by atoms with van der Waals surface area (Å²) in [6.07, 6.45) is 11.1. The molecule has 47 heavy (non-hydrogen) atoms. The highest BCUT2D eigenvalue weighted by Crippen LogP contribution is 2.56. The first-order valence-corrected chi connectivity index (χ1v) is 19.0. The van der Waals surface area contributed by atoms with Crippen molar-refractivity contribution in [2.24, 2.45) is 0 Å². The van der Waals surface area contributed by atoms with Crippen molar-refractivity contribution in [3.8, 4) is 0 Å². The normalized spacial score (nSPS) is 12.7. The summed E-state index contributed by atoms with van der Waals surface area (Å²) in [5.41, 5.74) is 0.541. The van der Waals surface area contributed by atoms with Crippen molar-refractivity contribution in [2.45, 2.75) is 83.3 Å². The molecule has 7 heteroatoms. The smallest absolute Gasteiger partial charge is 0.269 e. The molecule has 248 valence electrons. The molecule has 1 amide bonds. The predicted molar refractivity (Wildman–Crippen MR) is 196 cm³/mol. The third-order valence-electron chi connectivity index (χ3n) is 9.38. The number of non-ortho nitro benzene ring substituents is 1. The second-order valence-corrected chi connectivity index (χ2v) is 16.1. The van der Waals surface area contributed by atoms with Crippen LogP contribution >= 0.6 is 7.26 Å². The lowest BCUT2D eigenvalue weighted by atomic mass is 10.0. The van der Waals surface area contributed by atoms with Crippen LogP contribution in [0.2, 0.25) is 0 Å². The average Bonchev–Trinajstić information content (AvgIpc) is 3.12. The van der Waals surface area contributed by atoms with Gasteiger partial charge in [-0.05, 0) is 80.3 Å². The summed E-state index contributed by atoms with van der Waals surface area (Å²) in [6, 6.07) is 38.8. The van der Waals surface area contributed by atoms with Crippen molar-refractivity contribution in [1.29, 1.82) is 0 Å². The minimum absolute atomic E-state index is 0.0129. The van der Waals surface area contributed by atoms with E-state index in [0.717, 1.165) is 19.3 Å². The summed E-state index contributed by atoms with van der Waals surface area (Å²) in [5.74, 6) is 0.0129. The predicted octanol–water partition coefficient (Wildman–Crippen LogP) is 8.37. The van der Waals surface area contributed by atoms with E-state index in [-0.39, 0.29) is 11.6 Å². The summed E-state index contributed by atoms with van der Waals surface area (Å²) < 4.78 is 0. The van der Waals surface area contributed by atoms with Crippen molar-refractivity contribution in [2.75, 3.05) is 13.2 Å². The van der Waals surface area contributed by atoms with Crippen LogP contribution < -0.4 is 15.9 Å². The number of nitro groups is 1. The summed E-state index contributed by atoms with van der Waals surface area (Å²) in [4.78, 5) is 24.8. The zero-order valence-corrected chi connectivity index (χ0v) is 28.8. The van der Waals surface area contributed by atoms with Crippen LogP contribution in [0.3, 0.4) is 0 Å². The fraction of sp³-hybridized carbons (Fsp3) is 0.375. The van der Waals surface area contributed by atoms with Crippen molar-refractivity contribution in [3.05, 3.63) is 131 Å². The minimum Gasteiger partial charge on any atom is -0.386 e. The third kappa shape index (κ3) is 9.82. The molecule has 0 aliphatic carbocycles. The van der Waals surface area contributed by atoms with E-state index in [0.29, 0.717) is 12.0 Å². The van der Waals surface area contributed by atoms with Crippen molar-refractivity contribution >= 4 is 34.8 Å². The second-order valence-electron chi connectivity index (χ2n) is 12.5. The van der Waals surface area contributed by atoms with Gasteiger partial charge in [-0.15, -0.1) is 0 Å². The maximum absolute atomic E-state index is 12.8. The van der Waals surface area contributed by atoms with Crippen molar-refractivity contribution < 1.29 is 14.8 Å².